The first-order valence-electron chi connectivity index (χ1n) is 7.01. The molecule has 5 heteroatoms. The smallest absolute Gasteiger partial charge is 0.410 e. The summed E-state index contributed by atoms with van der Waals surface area (Å²) in [7, 11) is 0. The number of carbonyl (C=O) groups excluding carboxylic acids is 2. The fraction of sp³-hybridized carbons (Fsp3) is 0.857. The van der Waals surface area contributed by atoms with Crippen LogP contribution in [0.15, 0.2) is 0 Å². The Morgan fingerprint density at radius 1 is 1.11 bits per heavy atom. The summed E-state index contributed by atoms with van der Waals surface area (Å²) in [6.07, 6.45) is 0.564. The van der Waals surface area contributed by atoms with Gasteiger partial charge in [-0.3, -0.25) is 4.79 Å². The molecule has 0 bridgehead atoms. The van der Waals surface area contributed by atoms with E-state index in [4.69, 9.17) is 4.74 Å². The van der Waals surface area contributed by atoms with Gasteiger partial charge in [0.15, 0.2) is 0 Å². The Hall–Kier alpha value is -1.26. The van der Waals surface area contributed by atoms with Crippen LogP contribution in [-0.2, 0) is 9.53 Å². The average molecular weight is 270 g/mol. The first kappa shape index (κ1) is 15.8. The summed E-state index contributed by atoms with van der Waals surface area (Å²) in [6.45, 7) is 11.8. The van der Waals surface area contributed by atoms with E-state index in [2.05, 4.69) is 0 Å². The number of hydrogen-bond donors (Lipinski definition) is 0. The monoisotopic (exact) mass is 270 g/mol. The zero-order valence-electron chi connectivity index (χ0n) is 12.7. The minimum absolute atomic E-state index is 0.0630. The molecule has 2 amide bonds. The Bertz CT molecular complexity index is 328. The number of rotatable bonds is 2. The second-order valence-electron chi connectivity index (χ2n) is 6.10. The third-order valence-corrected chi connectivity index (χ3v) is 3.28. The lowest BCUT2D eigenvalue weighted by Gasteiger charge is -2.36. The van der Waals surface area contributed by atoms with Gasteiger partial charge in [-0.15, -0.1) is 0 Å². The molecule has 1 rings (SSSR count). The van der Waals surface area contributed by atoms with E-state index in [1.807, 2.05) is 39.5 Å². The summed E-state index contributed by atoms with van der Waals surface area (Å²) < 4.78 is 5.33. The molecular formula is C14H26N2O3. The summed E-state index contributed by atoms with van der Waals surface area (Å²) in [5, 5.41) is 0. The van der Waals surface area contributed by atoms with Crippen molar-refractivity contribution < 1.29 is 14.3 Å². The lowest BCUT2D eigenvalue weighted by Crippen LogP contribution is -2.52. The molecule has 1 atom stereocenters. The van der Waals surface area contributed by atoms with E-state index < -0.39 is 5.60 Å². The summed E-state index contributed by atoms with van der Waals surface area (Å²) in [4.78, 5) is 27.4. The largest absolute Gasteiger partial charge is 0.444 e. The summed E-state index contributed by atoms with van der Waals surface area (Å²) in [5.41, 5.74) is -0.471. The lowest BCUT2D eigenvalue weighted by molar-refractivity contribution is -0.136. The molecule has 1 saturated heterocycles. The van der Waals surface area contributed by atoms with Crippen LogP contribution in [0.3, 0.4) is 0 Å². The predicted octanol–water partition coefficient (Wildman–Crippen LogP) is 2.11. The molecule has 0 N–H and O–H groups in total. The molecule has 0 spiro atoms. The Kier molecular flexibility index (Phi) is 5.20. The van der Waals surface area contributed by atoms with Crippen LogP contribution in [-0.4, -0.2) is 53.6 Å². The molecule has 19 heavy (non-hydrogen) atoms. The topological polar surface area (TPSA) is 49.9 Å². The zero-order valence-corrected chi connectivity index (χ0v) is 12.7. The van der Waals surface area contributed by atoms with Crippen molar-refractivity contribution in [2.75, 3.05) is 26.2 Å². The maximum atomic E-state index is 12.0. The minimum atomic E-state index is -0.471. The molecule has 1 unspecified atom stereocenters. The highest BCUT2D eigenvalue weighted by molar-refractivity contribution is 5.79. The number of nitrogens with zero attached hydrogens (tertiary/aromatic N) is 2. The molecule has 1 aliphatic rings. The molecule has 0 radical (unpaired) electrons. The molecule has 5 nitrogen and oxygen atoms in total. The third-order valence-electron chi connectivity index (χ3n) is 3.28. The molecule has 0 aromatic heterocycles. The van der Waals surface area contributed by atoms with Gasteiger partial charge < -0.3 is 14.5 Å². The Labute approximate surface area is 115 Å². The van der Waals surface area contributed by atoms with Crippen LogP contribution < -0.4 is 0 Å². The van der Waals surface area contributed by atoms with Gasteiger partial charge in [-0.1, -0.05) is 13.8 Å². The van der Waals surface area contributed by atoms with E-state index in [9.17, 15) is 9.59 Å². The molecule has 0 saturated carbocycles. The van der Waals surface area contributed by atoms with Gasteiger partial charge in [0.25, 0.3) is 0 Å². The van der Waals surface area contributed by atoms with Gasteiger partial charge >= 0.3 is 6.09 Å². The highest BCUT2D eigenvalue weighted by atomic mass is 16.6. The van der Waals surface area contributed by atoms with Gasteiger partial charge in [-0.2, -0.15) is 0 Å². The summed E-state index contributed by atoms with van der Waals surface area (Å²) >= 11 is 0. The van der Waals surface area contributed by atoms with Crippen molar-refractivity contribution in [1.82, 2.24) is 9.80 Å². The normalized spacial score (nSPS) is 18.2. The molecule has 1 aliphatic heterocycles. The Morgan fingerprint density at radius 3 is 2.00 bits per heavy atom. The second-order valence-corrected chi connectivity index (χ2v) is 6.10. The SMILES string of the molecule is CCC(C)C(=O)N1CCN(C(=O)OC(C)(C)C)CC1. The van der Waals surface area contributed by atoms with Crippen molar-refractivity contribution in [1.29, 1.82) is 0 Å². The fourth-order valence-electron chi connectivity index (χ4n) is 1.92. The number of piperazine rings is 1. The molecular weight excluding hydrogens is 244 g/mol. The maximum absolute atomic E-state index is 12.0. The van der Waals surface area contributed by atoms with E-state index in [0.29, 0.717) is 26.2 Å². The molecule has 1 fully saturated rings. The van der Waals surface area contributed by atoms with Gasteiger partial charge in [0.1, 0.15) is 5.60 Å². The molecule has 0 aromatic rings. The third kappa shape index (κ3) is 4.73. The van der Waals surface area contributed by atoms with E-state index in [-0.39, 0.29) is 17.9 Å². The van der Waals surface area contributed by atoms with Crippen LogP contribution in [0.4, 0.5) is 4.79 Å². The first-order chi connectivity index (χ1) is 8.74. The van der Waals surface area contributed by atoms with Gasteiger partial charge in [0.05, 0.1) is 0 Å². The molecule has 1 heterocycles. The number of ether oxygens (including phenoxy) is 1. The van der Waals surface area contributed by atoms with Gasteiger partial charge in [-0.05, 0) is 27.2 Å². The van der Waals surface area contributed by atoms with Crippen molar-refractivity contribution in [3.05, 3.63) is 0 Å². The standard InChI is InChI=1S/C14H26N2O3/c1-6-11(2)12(17)15-7-9-16(10-8-15)13(18)19-14(3,4)5/h11H,6-10H2,1-5H3. The van der Waals surface area contributed by atoms with Crippen LogP contribution in [0.5, 0.6) is 0 Å². The number of carbonyl (C=O) groups is 2. The average Bonchev–Trinajstić information content (AvgIpc) is 2.35. The van der Waals surface area contributed by atoms with Crippen LogP contribution in [0, 0.1) is 5.92 Å². The van der Waals surface area contributed by atoms with Crippen molar-refractivity contribution in [2.45, 2.75) is 46.6 Å². The van der Waals surface area contributed by atoms with E-state index >= 15 is 0 Å². The van der Waals surface area contributed by atoms with Crippen LogP contribution in [0.1, 0.15) is 41.0 Å². The van der Waals surface area contributed by atoms with Gasteiger partial charge in [0, 0.05) is 32.1 Å². The first-order valence-corrected chi connectivity index (χ1v) is 7.01. The van der Waals surface area contributed by atoms with E-state index in [1.165, 1.54) is 0 Å². The lowest BCUT2D eigenvalue weighted by atomic mass is 10.1. The Balaban J connectivity index is 2.45. The van der Waals surface area contributed by atoms with E-state index in [1.54, 1.807) is 4.90 Å². The second kappa shape index (κ2) is 6.26. The Morgan fingerprint density at radius 2 is 1.58 bits per heavy atom. The van der Waals surface area contributed by atoms with Crippen LogP contribution in [0.25, 0.3) is 0 Å². The summed E-state index contributed by atoms with van der Waals surface area (Å²) in [5.74, 6) is 0.249. The highest BCUT2D eigenvalue weighted by Crippen LogP contribution is 2.13. The maximum Gasteiger partial charge on any atom is 0.410 e. The van der Waals surface area contributed by atoms with Gasteiger partial charge in [-0.25, -0.2) is 4.79 Å². The van der Waals surface area contributed by atoms with Crippen molar-refractivity contribution >= 4 is 12.0 Å². The predicted molar refractivity (Wildman–Crippen MR) is 73.8 cm³/mol. The molecule has 110 valence electrons. The van der Waals surface area contributed by atoms with Crippen LogP contribution in [0.2, 0.25) is 0 Å². The number of hydrogen-bond acceptors (Lipinski definition) is 3. The van der Waals surface area contributed by atoms with Crippen LogP contribution >= 0.6 is 0 Å². The van der Waals surface area contributed by atoms with Gasteiger partial charge in [0.2, 0.25) is 5.91 Å². The van der Waals surface area contributed by atoms with E-state index in [0.717, 1.165) is 6.42 Å². The molecule has 0 aromatic carbocycles. The molecule has 0 aliphatic carbocycles. The van der Waals surface area contributed by atoms with Crippen molar-refractivity contribution in [3.8, 4) is 0 Å². The minimum Gasteiger partial charge on any atom is -0.444 e. The number of amides is 2. The fourth-order valence-corrected chi connectivity index (χ4v) is 1.92. The summed E-state index contributed by atoms with van der Waals surface area (Å²) in [6, 6.07) is 0. The quantitative estimate of drug-likeness (QED) is 0.772. The highest BCUT2D eigenvalue weighted by Gasteiger charge is 2.28. The van der Waals surface area contributed by atoms with Crippen molar-refractivity contribution in [3.63, 3.8) is 0 Å². The van der Waals surface area contributed by atoms with Crippen molar-refractivity contribution in [2.24, 2.45) is 5.92 Å². The zero-order chi connectivity index (χ0) is 14.6.